The largest absolute Gasteiger partial charge is 0.347 e. The van der Waals surface area contributed by atoms with Crippen molar-refractivity contribution in [3.8, 4) is 0 Å². The van der Waals surface area contributed by atoms with Crippen LogP contribution in [0.5, 0.6) is 0 Å². The molecular weight excluding hydrogens is 170 g/mol. The van der Waals surface area contributed by atoms with Crippen LogP contribution in [0.25, 0.3) is 10.9 Å². The van der Waals surface area contributed by atoms with Gasteiger partial charge in [0.25, 0.3) is 0 Å². The fourth-order valence-electron chi connectivity index (χ4n) is 1.87. The molecule has 2 rings (SSSR count). The van der Waals surface area contributed by atoms with Crippen molar-refractivity contribution >= 4 is 10.9 Å². The van der Waals surface area contributed by atoms with Crippen LogP contribution < -0.4 is 0 Å². The summed E-state index contributed by atoms with van der Waals surface area (Å²) in [6, 6.07) is 8.44. The summed E-state index contributed by atoms with van der Waals surface area (Å²) in [4.78, 5) is 0. The monoisotopic (exact) mass is 186 g/mol. The van der Waals surface area contributed by atoms with Crippen molar-refractivity contribution < 1.29 is 0 Å². The van der Waals surface area contributed by atoms with Crippen LogP contribution in [0.2, 0.25) is 0 Å². The summed E-state index contributed by atoms with van der Waals surface area (Å²) in [6.07, 6.45) is 2.14. The highest BCUT2D eigenvalue weighted by Crippen LogP contribution is 2.21. The second-order valence-electron chi connectivity index (χ2n) is 4.22. The van der Waals surface area contributed by atoms with E-state index >= 15 is 0 Å². The minimum Gasteiger partial charge on any atom is -0.347 e. The summed E-state index contributed by atoms with van der Waals surface area (Å²) in [6.45, 7) is 9.59. The molecule has 0 fully saturated rings. The van der Waals surface area contributed by atoms with Crippen molar-refractivity contribution in [2.75, 3.05) is 0 Å². The highest BCUT2D eigenvalue weighted by Gasteiger charge is 2.05. The van der Waals surface area contributed by atoms with Crippen molar-refractivity contribution in [3.05, 3.63) is 42.9 Å². The minimum atomic E-state index is 0.671. The molecule has 2 aromatic rings. The predicted molar refractivity (Wildman–Crippen MR) is 61.2 cm³/mol. The van der Waals surface area contributed by atoms with E-state index in [1.165, 1.54) is 10.9 Å². The van der Waals surface area contributed by atoms with Crippen LogP contribution in [-0.2, 0) is 6.54 Å². The summed E-state index contributed by atoms with van der Waals surface area (Å²) >= 11 is 0. The fraction of sp³-hybridized carbons (Fsp3) is 0.308. The summed E-state index contributed by atoms with van der Waals surface area (Å²) in [7, 11) is 0. The quantitative estimate of drug-likeness (QED) is 0.676. The highest BCUT2D eigenvalue weighted by atomic mass is 15.0. The molecule has 1 radical (unpaired) electrons. The van der Waals surface area contributed by atoms with Gasteiger partial charge in [-0.3, -0.25) is 0 Å². The van der Waals surface area contributed by atoms with Crippen molar-refractivity contribution in [1.82, 2.24) is 4.57 Å². The van der Waals surface area contributed by atoms with Gasteiger partial charge in [0.15, 0.2) is 0 Å². The Morgan fingerprint density at radius 1 is 1.29 bits per heavy atom. The van der Waals surface area contributed by atoms with E-state index in [1.807, 2.05) is 0 Å². The number of hydrogen-bond donors (Lipinski definition) is 0. The summed E-state index contributed by atoms with van der Waals surface area (Å²) in [5.41, 5.74) is 2.42. The maximum absolute atomic E-state index is 4.06. The maximum atomic E-state index is 4.06. The van der Waals surface area contributed by atoms with Gasteiger partial charge in [0, 0.05) is 23.6 Å². The molecule has 1 nitrogen and oxygen atoms in total. The van der Waals surface area contributed by atoms with Crippen LogP contribution in [0.4, 0.5) is 0 Å². The third kappa shape index (κ3) is 1.54. The van der Waals surface area contributed by atoms with Crippen LogP contribution >= 0.6 is 0 Å². The summed E-state index contributed by atoms with van der Waals surface area (Å²) < 4.78 is 2.29. The SMILES string of the molecule is [CH2]c1cn(CC(C)C)c2ccccc12. The molecule has 0 aliphatic rings. The third-order valence-corrected chi connectivity index (χ3v) is 2.43. The van der Waals surface area contributed by atoms with E-state index in [2.05, 4.69) is 55.8 Å². The molecule has 0 aliphatic heterocycles. The number of nitrogens with zero attached hydrogens (tertiary/aromatic N) is 1. The van der Waals surface area contributed by atoms with E-state index < -0.39 is 0 Å². The molecule has 0 unspecified atom stereocenters. The Balaban J connectivity index is 2.55. The van der Waals surface area contributed by atoms with Crippen molar-refractivity contribution in [3.63, 3.8) is 0 Å². The first-order valence-electron chi connectivity index (χ1n) is 5.08. The van der Waals surface area contributed by atoms with Crippen molar-refractivity contribution in [2.24, 2.45) is 5.92 Å². The molecule has 1 heterocycles. The zero-order valence-electron chi connectivity index (χ0n) is 8.83. The maximum Gasteiger partial charge on any atom is 0.0483 e. The lowest BCUT2D eigenvalue weighted by Crippen LogP contribution is -2.02. The smallest absolute Gasteiger partial charge is 0.0483 e. The Hall–Kier alpha value is -1.24. The first kappa shape index (κ1) is 9.32. The van der Waals surface area contributed by atoms with Gasteiger partial charge in [0.2, 0.25) is 0 Å². The van der Waals surface area contributed by atoms with Crippen molar-refractivity contribution in [2.45, 2.75) is 20.4 Å². The molecule has 0 spiro atoms. The Bertz CT molecular complexity index is 437. The van der Waals surface area contributed by atoms with Gasteiger partial charge in [-0.05, 0) is 24.5 Å². The first-order chi connectivity index (χ1) is 6.68. The molecule has 1 heteroatoms. The van der Waals surface area contributed by atoms with E-state index in [4.69, 9.17) is 0 Å². The number of para-hydroxylation sites is 1. The molecular formula is C13H16N. The van der Waals surface area contributed by atoms with Gasteiger partial charge in [0.05, 0.1) is 0 Å². The standard InChI is InChI=1S/C13H16N/c1-10(2)8-14-9-11(3)12-6-4-5-7-13(12)14/h4-7,9-10H,3,8H2,1-2H3. The van der Waals surface area contributed by atoms with Gasteiger partial charge >= 0.3 is 0 Å². The molecule has 0 aliphatic carbocycles. The van der Waals surface area contributed by atoms with Crippen molar-refractivity contribution in [1.29, 1.82) is 0 Å². The van der Waals surface area contributed by atoms with Gasteiger partial charge in [-0.1, -0.05) is 32.0 Å². The van der Waals surface area contributed by atoms with Gasteiger partial charge in [0.1, 0.15) is 0 Å². The Kier molecular flexibility index (Phi) is 2.32. The lowest BCUT2D eigenvalue weighted by atomic mass is 10.2. The van der Waals surface area contributed by atoms with E-state index in [0.717, 1.165) is 12.1 Å². The normalized spacial score (nSPS) is 11.4. The fourth-order valence-corrected chi connectivity index (χ4v) is 1.87. The third-order valence-electron chi connectivity index (χ3n) is 2.43. The van der Waals surface area contributed by atoms with Gasteiger partial charge in [-0.15, -0.1) is 0 Å². The molecule has 0 saturated heterocycles. The highest BCUT2D eigenvalue weighted by molar-refractivity contribution is 5.84. The molecule has 73 valence electrons. The van der Waals surface area contributed by atoms with Crippen LogP contribution in [0.1, 0.15) is 19.4 Å². The number of hydrogen-bond acceptors (Lipinski definition) is 0. The molecule has 0 saturated carbocycles. The van der Waals surface area contributed by atoms with E-state index in [-0.39, 0.29) is 0 Å². The van der Waals surface area contributed by atoms with Crippen LogP contribution in [0.15, 0.2) is 30.5 Å². The van der Waals surface area contributed by atoms with Crippen LogP contribution in [0.3, 0.4) is 0 Å². The topological polar surface area (TPSA) is 4.93 Å². The second kappa shape index (κ2) is 3.49. The first-order valence-corrected chi connectivity index (χ1v) is 5.08. The number of benzene rings is 1. The lowest BCUT2D eigenvalue weighted by Gasteiger charge is -2.07. The molecule has 0 N–H and O–H groups in total. The average Bonchev–Trinajstić information content (AvgIpc) is 2.44. The Morgan fingerprint density at radius 2 is 2.00 bits per heavy atom. The summed E-state index contributed by atoms with van der Waals surface area (Å²) in [5.74, 6) is 0.671. The number of fused-ring (bicyclic) bond motifs is 1. The van der Waals surface area contributed by atoms with E-state index in [1.54, 1.807) is 0 Å². The molecule has 1 aromatic heterocycles. The van der Waals surface area contributed by atoms with Gasteiger partial charge < -0.3 is 4.57 Å². The second-order valence-corrected chi connectivity index (χ2v) is 4.22. The van der Waals surface area contributed by atoms with Gasteiger partial charge in [-0.2, -0.15) is 0 Å². The molecule has 0 amide bonds. The molecule has 14 heavy (non-hydrogen) atoms. The van der Waals surface area contributed by atoms with Crippen LogP contribution in [0, 0.1) is 12.8 Å². The predicted octanol–water partition coefficient (Wildman–Crippen LogP) is 3.48. The lowest BCUT2D eigenvalue weighted by molar-refractivity contribution is 0.535. The minimum absolute atomic E-state index is 0.671. The Morgan fingerprint density at radius 3 is 2.71 bits per heavy atom. The molecule has 0 atom stereocenters. The zero-order chi connectivity index (χ0) is 10.1. The molecule has 0 bridgehead atoms. The Labute approximate surface area is 85.4 Å². The van der Waals surface area contributed by atoms with E-state index in [9.17, 15) is 0 Å². The molecule has 1 aromatic carbocycles. The average molecular weight is 186 g/mol. The van der Waals surface area contributed by atoms with E-state index in [0.29, 0.717) is 5.92 Å². The zero-order valence-corrected chi connectivity index (χ0v) is 8.83. The van der Waals surface area contributed by atoms with Gasteiger partial charge in [-0.25, -0.2) is 0 Å². The van der Waals surface area contributed by atoms with Crippen LogP contribution in [-0.4, -0.2) is 4.57 Å². The number of rotatable bonds is 2. The summed E-state index contributed by atoms with van der Waals surface area (Å²) in [5, 5.41) is 1.27. The number of aromatic nitrogens is 1.